The van der Waals surface area contributed by atoms with Crippen LogP contribution in [0.1, 0.15) is 55.3 Å². The molecule has 2 aromatic carbocycles. The van der Waals surface area contributed by atoms with Gasteiger partial charge in [0.05, 0.1) is 22.1 Å². The maximum Gasteiger partial charge on any atom is 0.295 e. The van der Waals surface area contributed by atoms with E-state index in [9.17, 15) is 24.8 Å². The molecule has 7 heteroatoms. The molecule has 0 radical (unpaired) electrons. The number of ketones is 1. The van der Waals surface area contributed by atoms with Gasteiger partial charge >= 0.3 is 0 Å². The molecule has 1 atom stereocenters. The summed E-state index contributed by atoms with van der Waals surface area (Å²) in [6.45, 7) is 4.25. The number of nitro groups is 1. The fourth-order valence-corrected chi connectivity index (χ4v) is 3.89. The zero-order chi connectivity index (χ0) is 22.5. The highest BCUT2D eigenvalue weighted by atomic mass is 16.6. The van der Waals surface area contributed by atoms with Crippen molar-refractivity contribution in [1.29, 1.82) is 0 Å². The molecule has 1 N–H and O–H groups in total. The van der Waals surface area contributed by atoms with Crippen molar-refractivity contribution in [3.05, 3.63) is 80.9 Å². The van der Waals surface area contributed by atoms with Crippen molar-refractivity contribution in [2.45, 2.75) is 45.6 Å². The van der Waals surface area contributed by atoms with Gasteiger partial charge in [0.1, 0.15) is 5.76 Å². The van der Waals surface area contributed by atoms with Crippen LogP contribution >= 0.6 is 0 Å². The van der Waals surface area contributed by atoms with Crippen molar-refractivity contribution in [1.82, 2.24) is 4.90 Å². The van der Waals surface area contributed by atoms with Crippen molar-refractivity contribution >= 4 is 23.1 Å². The minimum Gasteiger partial charge on any atom is -0.507 e. The Morgan fingerprint density at radius 2 is 1.74 bits per heavy atom. The number of hydrogen-bond donors (Lipinski definition) is 1. The number of para-hydroxylation sites is 1. The summed E-state index contributed by atoms with van der Waals surface area (Å²) in [4.78, 5) is 38.4. The Balaban J connectivity index is 2.15. The van der Waals surface area contributed by atoms with E-state index in [1.54, 1.807) is 30.3 Å². The summed E-state index contributed by atoms with van der Waals surface area (Å²) >= 11 is 0. The van der Waals surface area contributed by atoms with Gasteiger partial charge in [0.25, 0.3) is 17.4 Å². The van der Waals surface area contributed by atoms with Gasteiger partial charge in [-0.1, -0.05) is 68.1 Å². The second kappa shape index (κ2) is 9.55. The number of amides is 1. The minimum atomic E-state index is -1.01. The van der Waals surface area contributed by atoms with Gasteiger partial charge in [-0.3, -0.25) is 19.7 Å². The minimum absolute atomic E-state index is 0.112. The standard InChI is InChI=1S/C24H26N2O5/c1-3-4-5-8-15-25-21(18-9-6-7-10-19(18)26(30)31)20(23(28)24(25)29)22(27)17-13-11-16(2)12-14-17/h6-7,9-14,21,27H,3-5,8,15H2,1-2H3/t21-/m1/s1. The Morgan fingerprint density at radius 1 is 1.06 bits per heavy atom. The third kappa shape index (κ3) is 4.50. The summed E-state index contributed by atoms with van der Waals surface area (Å²) in [5.41, 5.74) is 1.28. The monoisotopic (exact) mass is 422 g/mol. The van der Waals surface area contributed by atoms with E-state index in [-0.39, 0.29) is 29.1 Å². The molecular weight excluding hydrogens is 396 g/mol. The fourth-order valence-electron chi connectivity index (χ4n) is 3.89. The highest BCUT2D eigenvalue weighted by molar-refractivity contribution is 6.46. The second-order valence-electron chi connectivity index (χ2n) is 7.74. The number of unbranched alkanes of at least 4 members (excludes halogenated alkanes) is 3. The van der Waals surface area contributed by atoms with E-state index < -0.39 is 22.7 Å². The summed E-state index contributed by atoms with van der Waals surface area (Å²) in [5, 5.41) is 22.7. The zero-order valence-electron chi connectivity index (χ0n) is 17.7. The normalized spacial score (nSPS) is 17.9. The fraction of sp³-hybridized carbons (Fsp3) is 0.333. The van der Waals surface area contributed by atoms with E-state index in [0.29, 0.717) is 12.0 Å². The largest absolute Gasteiger partial charge is 0.507 e. The molecule has 1 saturated heterocycles. The molecule has 1 aliphatic rings. The first-order valence-corrected chi connectivity index (χ1v) is 10.5. The van der Waals surface area contributed by atoms with E-state index in [2.05, 4.69) is 6.92 Å². The summed E-state index contributed by atoms with van der Waals surface area (Å²) in [7, 11) is 0. The lowest BCUT2D eigenvalue weighted by Crippen LogP contribution is -2.31. The van der Waals surface area contributed by atoms with Crippen LogP contribution in [0.4, 0.5) is 5.69 Å². The van der Waals surface area contributed by atoms with Crippen LogP contribution in [-0.2, 0) is 9.59 Å². The van der Waals surface area contributed by atoms with Gasteiger partial charge in [-0.05, 0) is 19.4 Å². The molecule has 0 aliphatic carbocycles. The molecule has 0 spiro atoms. The van der Waals surface area contributed by atoms with E-state index in [1.807, 2.05) is 6.92 Å². The molecule has 0 bridgehead atoms. The maximum atomic E-state index is 13.0. The highest BCUT2D eigenvalue weighted by Crippen LogP contribution is 2.42. The quantitative estimate of drug-likeness (QED) is 0.163. The molecule has 0 unspecified atom stereocenters. The molecule has 2 aromatic rings. The van der Waals surface area contributed by atoms with Crippen LogP contribution in [0.15, 0.2) is 54.1 Å². The summed E-state index contributed by atoms with van der Waals surface area (Å²) in [6, 6.07) is 11.9. The lowest BCUT2D eigenvalue weighted by molar-refractivity contribution is -0.385. The van der Waals surface area contributed by atoms with E-state index in [1.165, 1.54) is 23.1 Å². The number of hydrogen-bond acceptors (Lipinski definition) is 5. The number of rotatable bonds is 8. The molecular formula is C24H26N2O5. The lowest BCUT2D eigenvalue weighted by atomic mass is 9.94. The van der Waals surface area contributed by atoms with Crippen LogP contribution < -0.4 is 0 Å². The van der Waals surface area contributed by atoms with E-state index in [4.69, 9.17) is 0 Å². The van der Waals surface area contributed by atoms with Gasteiger partial charge in [0.15, 0.2) is 0 Å². The topological polar surface area (TPSA) is 101 Å². The number of aliphatic hydroxyl groups is 1. The second-order valence-corrected chi connectivity index (χ2v) is 7.74. The Hall–Kier alpha value is -3.48. The summed E-state index contributed by atoms with van der Waals surface area (Å²) in [5.74, 6) is -1.89. The highest BCUT2D eigenvalue weighted by Gasteiger charge is 2.47. The SMILES string of the molecule is CCCCCCN1C(=O)C(=O)C(=C(O)c2ccc(C)cc2)[C@H]1c1ccccc1[N+](=O)[O-]. The van der Waals surface area contributed by atoms with Crippen molar-refractivity contribution in [3.63, 3.8) is 0 Å². The van der Waals surface area contributed by atoms with Crippen molar-refractivity contribution in [2.24, 2.45) is 0 Å². The first-order chi connectivity index (χ1) is 14.9. The molecule has 3 rings (SSSR count). The van der Waals surface area contributed by atoms with Gasteiger partial charge in [-0.2, -0.15) is 0 Å². The molecule has 0 saturated carbocycles. The number of Topliss-reactive ketones (excluding diaryl/α,β-unsaturated/α-hetero) is 1. The Kier molecular flexibility index (Phi) is 6.84. The number of aliphatic hydroxyl groups excluding tert-OH is 1. The van der Waals surface area contributed by atoms with Gasteiger partial charge in [0, 0.05) is 18.2 Å². The predicted octanol–water partition coefficient (Wildman–Crippen LogP) is 4.91. The van der Waals surface area contributed by atoms with Crippen LogP contribution in [0, 0.1) is 17.0 Å². The van der Waals surface area contributed by atoms with Gasteiger partial charge < -0.3 is 10.0 Å². The number of carbonyl (C=O) groups is 2. The Labute approximate surface area is 181 Å². The molecule has 7 nitrogen and oxygen atoms in total. The molecule has 162 valence electrons. The summed E-state index contributed by atoms with van der Waals surface area (Å²) < 4.78 is 0. The van der Waals surface area contributed by atoms with Crippen LogP contribution in [0.2, 0.25) is 0 Å². The van der Waals surface area contributed by atoms with Gasteiger partial charge in [-0.25, -0.2) is 0 Å². The van der Waals surface area contributed by atoms with Crippen molar-refractivity contribution < 1.29 is 19.6 Å². The number of aryl methyl sites for hydroxylation is 1. The van der Waals surface area contributed by atoms with Gasteiger partial charge in [-0.15, -0.1) is 0 Å². The number of likely N-dealkylation sites (tertiary alicyclic amines) is 1. The molecule has 1 aliphatic heterocycles. The molecule has 1 heterocycles. The molecule has 1 fully saturated rings. The molecule has 31 heavy (non-hydrogen) atoms. The van der Waals surface area contributed by atoms with Crippen LogP contribution in [0.3, 0.4) is 0 Å². The predicted molar refractivity (Wildman–Crippen MR) is 117 cm³/mol. The zero-order valence-corrected chi connectivity index (χ0v) is 17.7. The number of carbonyl (C=O) groups excluding carboxylic acids is 2. The van der Waals surface area contributed by atoms with Crippen molar-refractivity contribution in [3.8, 4) is 0 Å². The maximum absolute atomic E-state index is 13.0. The summed E-state index contributed by atoms with van der Waals surface area (Å²) in [6.07, 6.45) is 3.55. The average molecular weight is 422 g/mol. The van der Waals surface area contributed by atoms with Crippen LogP contribution in [-0.4, -0.2) is 33.2 Å². The van der Waals surface area contributed by atoms with Crippen molar-refractivity contribution in [2.75, 3.05) is 6.54 Å². The number of benzene rings is 2. The molecule has 0 aromatic heterocycles. The number of nitrogens with zero attached hydrogens (tertiary/aromatic N) is 2. The Bertz CT molecular complexity index is 1030. The molecule has 1 amide bonds. The third-order valence-electron chi connectivity index (χ3n) is 5.55. The van der Waals surface area contributed by atoms with Gasteiger partial charge in [0.2, 0.25) is 0 Å². The first kappa shape index (κ1) is 22.2. The Morgan fingerprint density at radius 3 is 2.39 bits per heavy atom. The van der Waals surface area contributed by atoms with Crippen LogP contribution in [0.25, 0.3) is 5.76 Å². The van der Waals surface area contributed by atoms with Crippen LogP contribution in [0.5, 0.6) is 0 Å². The van der Waals surface area contributed by atoms with E-state index >= 15 is 0 Å². The average Bonchev–Trinajstić information content (AvgIpc) is 3.01. The van der Waals surface area contributed by atoms with E-state index in [0.717, 1.165) is 24.8 Å². The lowest BCUT2D eigenvalue weighted by Gasteiger charge is -2.25. The smallest absolute Gasteiger partial charge is 0.295 e. The third-order valence-corrected chi connectivity index (χ3v) is 5.55. The first-order valence-electron chi connectivity index (χ1n) is 10.5. The number of nitro benzene ring substituents is 1.